The van der Waals surface area contributed by atoms with Gasteiger partial charge in [0.25, 0.3) is 5.69 Å². The van der Waals surface area contributed by atoms with Crippen molar-refractivity contribution in [3.05, 3.63) is 28.4 Å². The first-order valence-electron chi connectivity index (χ1n) is 7.28. The van der Waals surface area contributed by atoms with Crippen LogP contribution in [0, 0.1) is 10.1 Å². The predicted octanol–water partition coefficient (Wildman–Crippen LogP) is 1.45. The first kappa shape index (κ1) is 25.3. The zero-order valence-corrected chi connectivity index (χ0v) is 15.6. The maximum absolute atomic E-state index is 12.1. The first-order chi connectivity index (χ1) is 10.8. The van der Waals surface area contributed by atoms with Crippen molar-refractivity contribution in [2.75, 3.05) is 11.9 Å². The van der Waals surface area contributed by atoms with Crippen LogP contribution in [-0.2, 0) is 9.59 Å². The van der Waals surface area contributed by atoms with Gasteiger partial charge in [-0.2, -0.15) is 0 Å². The quantitative estimate of drug-likeness (QED) is 0.424. The molecule has 0 aliphatic heterocycles. The number of anilines is 1. The molecule has 1 rings (SSSR count). The maximum Gasteiger partial charge on any atom is 0.287 e. The van der Waals surface area contributed by atoms with Crippen molar-refractivity contribution in [1.29, 1.82) is 0 Å². The minimum Gasteiger partial charge on any atom is -0.368 e. The Morgan fingerprint density at radius 3 is 2.44 bits per heavy atom. The fourth-order valence-corrected chi connectivity index (χ4v) is 1.84. The Morgan fingerprint density at radius 1 is 1.36 bits per heavy atom. The Balaban J connectivity index is 0. The number of nitrogens with one attached hydrogen (secondary N) is 2. The molecule has 11 heteroatoms. The van der Waals surface area contributed by atoms with E-state index in [0.717, 1.165) is 6.20 Å². The van der Waals surface area contributed by atoms with Crippen LogP contribution in [0.25, 0.3) is 0 Å². The minimum absolute atomic E-state index is 0. The summed E-state index contributed by atoms with van der Waals surface area (Å²) in [6.45, 7) is 3.51. The molecule has 2 atom stereocenters. The van der Waals surface area contributed by atoms with E-state index in [0.29, 0.717) is 18.7 Å². The summed E-state index contributed by atoms with van der Waals surface area (Å²) in [5.41, 5.74) is 5.46. The van der Waals surface area contributed by atoms with Crippen molar-refractivity contribution in [1.82, 2.24) is 10.3 Å². The molecule has 1 amide bonds. The number of rotatable bonds is 9. The number of nitrogens with two attached hydrogens (primary N) is 1. The van der Waals surface area contributed by atoms with Gasteiger partial charge in [-0.1, -0.05) is 6.92 Å². The normalized spacial score (nSPS) is 12.0. The van der Waals surface area contributed by atoms with Gasteiger partial charge in [0.15, 0.2) is 5.78 Å². The monoisotopic (exact) mass is 395 g/mol. The SMILES string of the molecule is CCCC(=O)NC(CNc1ccc([N+](=O)[O-])cn1)C(=O)[C@H](C)N.Cl.Cl. The zero-order chi connectivity index (χ0) is 17.4. The summed E-state index contributed by atoms with van der Waals surface area (Å²) >= 11 is 0. The number of nitro groups is 1. The molecule has 1 aromatic rings. The molecule has 0 saturated heterocycles. The van der Waals surface area contributed by atoms with E-state index in [1.165, 1.54) is 12.1 Å². The van der Waals surface area contributed by atoms with Crippen LogP contribution in [0.4, 0.5) is 11.5 Å². The summed E-state index contributed by atoms with van der Waals surface area (Å²) in [6, 6.07) is 1.23. The predicted molar refractivity (Wildman–Crippen MR) is 99.4 cm³/mol. The fraction of sp³-hybridized carbons (Fsp3) is 0.500. The Labute approximate surface area is 158 Å². The van der Waals surface area contributed by atoms with Crippen molar-refractivity contribution in [2.24, 2.45) is 5.73 Å². The standard InChI is InChI=1S/C14H21N5O4.2ClH/c1-3-4-13(20)18-11(14(21)9(2)15)8-17-12-6-5-10(7-16-12)19(22)23;;/h5-7,9,11H,3-4,8,15H2,1-2H3,(H,16,17)(H,18,20);2*1H/t9-,11?;;/m0../s1. The molecule has 25 heavy (non-hydrogen) atoms. The van der Waals surface area contributed by atoms with E-state index in [1.54, 1.807) is 6.92 Å². The number of Topliss-reactive ketones (excluding diaryl/α,β-unsaturated/α-hetero) is 1. The van der Waals surface area contributed by atoms with Crippen LogP contribution in [0.15, 0.2) is 18.3 Å². The highest BCUT2D eigenvalue weighted by molar-refractivity contribution is 5.92. The second kappa shape index (κ2) is 12.4. The molecule has 1 aromatic heterocycles. The molecular weight excluding hydrogens is 373 g/mol. The first-order valence-corrected chi connectivity index (χ1v) is 7.28. The molecule has 4 N–H and O–H groups in total. The topological polar surface area (TPSA) is 140 Å². The van der Waals surface area contributed by atoms with Gasteiger partial charge >= 0.3 is 0 Å². The van der Waals surface area contributed by atoms with E-state index in [9.17, 15) is 19.7 Å². The van der Waals surface area contributed by atoms with Crippen LogP contribution in [0.2, 0.25) is 0 Å². The van der Waals surface area contributed by atoms with Gasteiger partial charge in [-0.15, -0.1) is 24.8 Å². The highest BCUT2D eigenvalue weighted by atomic mass is 35.5. The zero-order valence-electron chi connectivity index (χ0n) is 13.9. The third-order valence-electron chi connectivity index (χ3n) is 3.05. The summed E-state index contributed by atoms with van der Waals surface area (Å²) in [4.78, 5) is 37.6. The highest BCUT2D eigenvalue weighted by Gasteiger charge is 2.23. The molecule has 0 spiro atoms. The Hall–Kier alpha value is -1.97. The number of hydrogen-bond donors (Lipinski definition) is 3. The van der Waals surface area contributed by atoms with E-state index in [4.69, 9.17) is 5.73 Å². The molecule has 0 aromatic carbocycles. The Morgan fingerprint density at radius 2 is 2.00 bits per heavy atom. The number of carbonyl (C=O) groups is 2. The molecule has 1 heterocycles. The molecule has 0 aliphatic carbocycles. The molecule has 1 unspecified atom stereocenters. The largest absolute Gasteiger partial charge is 0.368 e. The average molecular weight is 396 g/mol. The van der Waals surface area contributed by atoms with E-state index in [-0.39, 0.29) is 48.7 Å². The van der Waals surface area contributed by atoms with Crippen molar-refractivity contribution in [2.45, 2.75) is 38.8 Å². The van der Waals surface area contributed by atoms with Gasteiger partial charge in [0.1, 0.15) is 18.1 Å². The van der Waals surface area contributed by atoms with Crippen molar-refractivity contribution < 1.29 is 14.5 Å². The number of halogens is 2. The third kappa shape index (κ3) is 8.62. The lowest BCUT2D eigenvalue weighted by molar-refractivity contribution is -0.385. The summed E-state index contributed by atoms with van der Waals surface area (Å²) in [6.07, 6.45) is 2.10. The third-order valence-corrected chi connectivity index (χ3v) is 3.05. The molecule has 9 nitrogen and oxygen atoms in total. The van der Waals surface area contributed by atoms with Crippen LogP contribution in [-0.4, -0.2) is 40.2 Å². The minimum atomic E-state index is -0.786. The molecule has 0 aliphatic rings. The lowest BCUT2D eigenvalue weighted by Crippen LogP contribution is -2.50. The lowest BCUT2D eigenvalue weighted by atomic mass is 10.1. The fourth-order valence-electron chi connectivity index (χ4n) is 1.84. The van der Waals surface area contributed by atoms with Crippen LogP contribution < -0.4 is 16.4 Å². The molecular formula is C14H23Cl2N5O4. The number of amides is 1. The maximum atomic E-state index is 12.1. The van der Waals surface area contributed by atoms with Gasteiger partial charge in [-0.05, 0) is 19.4 Å². The summed E-state index contributed by atoms with van der Waals surface area (Å²) < 4.78 is 0. The number of hydrogen-bond acceptors (Lipinski definition) is 7. The number of carbonyl (C=O) groups excluding carboxylic acids is 2. The van der Waals surface area contributed by atoms with Crippen molar-refractivity contribution in [3.8, 4) is 0 Å². The van der Waals surface area contributed by atoms with Gasteiger partial charge in [-0.3, -0.25) is 19.7 Å². The second-order valence-electron chi connectivity index (χ2n) is 5.10. The smallest absolute Gasteiger partial charge is 0.287 e. The Bertz CT molecular complexity index is 569. The number of aromatic nitrogens is 1. The van der Waals surface area contributed by atoms with E-state index < -0.39 is 17.0 Å². The van der Waals surface area contributed by atoms with Crippen molar-refractivity contribution >= 4 is 48.0 Å². The van der Waals surface area contributed by atoms with Crippen LogP contribution in [0.5, 0.6) is 0 Å². The van der Waals surface area contributed by atoms with Crippen LogP contribution in [0.1, 0.15) is 26.7 Å². The molecule has 0 radical (unpaired) electrons. The Kier molecular flexibility index (Phi) is 12.5. The average Bonchev–Trinajstić information content (AvgIpc) is 2.51. The molecule has 0 saturated carbocycles. The van der Waals surface area contributed by atoms with Crippen LogP contribution >= 0.6 is 24.8 Å². The van der Waals surface area contributed by atoms with Gasteiger partial charge in [-0.25, -0.2) is 4.98 Å². The highest BCUT2D eigenvalue weighted by Crippen LogP contribution is 2.11. The van der Waals surface area contributed by atoms with E-state index in [2.05, 4.69) is 15.6 Å². The summed E-state index contributed by atoms with van der Waals surface area (Å²) in [7, 11) is 0. The second-order valence-corrected chi connectivity index (χ2v) is 5.10. The number of nitrogens with zero attached hydrogens (tertiary/aromatic N) is 2. The summed E-state index contributed by atoms with van der Waals surface area (Å²) in [5.74, 6) is -0.170. The number of ketones is 1. The molecule has 0 bridgehead atoms. The lowest BCUT2D eigenvalue weighted by Gasteiger charge is -2.20. The number of pyridine rings is 1. The van der Waals surface area contributed by atoms with Crippen molar-refractivity contribution in [3.63, 3.8) is 0 Å². The van der Waals surface area contributed by atoms with Gasteiger partial charge in [0.2, 0.25) is 5.91 Å². The van der Waals surface area contributed by atoms with Crippen LogP contribution in [0.3, 0.4) is 0 Å². The molecule has 0 fully saturated rings. The molecule has 142 valence electrons. The van der Waals surface area contributed by atoms with E-state index in [1.807, 2.05) is 6.92 Å². The van der Waals surface area contributed by atoms with Gasteiger partial charge < -0.3 is 16.4 Å². The summed E-state index contributed by atoms with van der Waals surface area (Å²) in [5, 5.41) is 16.1. The van der Waals surface area contributed by atoms with Gasteiger partial charge in [0, 0.05) is 19.0 Å². The van der Waals surface area contributed by atoms with E-state index >= 15 is 0 Å². The van der Waals surface area contributed by atoms with Gasteiger partial charge in [0.05, 0.1) is 11.0 Å².